The molecule has 4 nitrogen and oxygen atoms in total. The molecule has 4 heteroatoms. The lowest BCUT2D eigenvalue weighted by atomic mass is 10.3. The first-order valence-electron chi connectivity index (χ1n) is 9.43. The van der Waals surface area contributed by atoms with E-state index < -0.39 is 0 Å². The Labute approximate surface area is 136 Å². The molecule has 0 spiro atoms. The van der Waals surface area contributed by atoms with Crippen molar-refractivity contribution in [2.45, 2.75) is 38.5 Å². The van der Waals surface area contributed by atoms with Gasteiger partial charge in [-0.3, -0.25) is 0 Å². The van der Waals surface area contributed by atoms with Crippen molar-refractivity contribution in [2.24, 2.45) is 11.8 Å². The lowest BCUT2D eigenvalue weighted by Gasteiger charge is -2.04. The first kappa shape index (κ1) is 17.9. The Bertz CT molecular complexity index is 257. The van der Waals surface area contributed by atoms with Crippen LogP contribution in [0.2, 0.25) is 0 Å². The van der Waals surface area contributed by atoms with E-state index >= 15 is 0 Å². The van der Waals surface area contributed by atoms with Crippen LogP contribution < -0.4 is 21.3 Å². The van der Waals surface area contributed by atoms with Crippen molar-refractivity contribution in [3.05, 3.63) is 12.2 Å². The van der Waals surface area contributed by atoms with Gasteiger partial charge < -0.3 is 21.3 Å². The van der Waals surface area contributed by atoms with E-state index in [1.807, 2.05) is 0 Å². The van der Waals surface area contributed by atoms with Crippen molar-refractivity contribution in [1.29, 1.82) is 0 Å². The van der Waals surface area contributed by atoms with Gasteiger partial charge in [-0.1, -0.05) is 12.2 Å². The maximum absolute atomic E-state index is 3.52. The summed E-state index contributed by atoms with van der Waals surface area (Å²) in [5.41, 5.74) is 0. The summed E-state index contributed by atoms with van der Waals surface area (Å²) in [6, 6.07) is 0. The Hall–Kier alpha value is -0.420. The molecule has 0 unspecified atom stereocenters. The molecule has 0 heterocycles. The molecule has 0 aliphatic heterocycles. The van der Waals surface area contributed by atoms with E-state index in [9.17, 15) is 0 Å². The standard InChI is InChI=1S/C18H36N4/c1(9-19-11-3-13-21-15-17-5-6-17)2-10-20-12-4-14-22-16-18-7-8-18/h1-2,17-22H,3-16H2/b2-1+. The molecule has 2 aliphatic rings. The summed E-state index contributed by atoms with van der Waals surface area (Å²) >= 11 is 0. The van der Waals surface area contributed by atoms with Crippen LogP contribution in [0.4, 0.5) is 0 Å². The van der Waals surface area contributed by atoms with Gasteiger partial charge in [-0.05, 0) is 89.6 Å². The van der Waals surface area contributed by atoms with Crippen molar-refractivity contribution >= 4 is 0 Å². The maximum Gasteiger partial charge on any atom is 0.0135 e. The van der Waals surface area contributed by atoms with Gasteiger partial charge in [0, 0.05) is 13.1 Å². The largest absolute Gasteiger partial charge is 0.316 e. The van der Waals surface area contributed by atoms with Crippen LogP contribution in [0, 0.1) is 11.8 Å². The normalized spacial score (nSPS) is 18.4. The molecule has 0 aromatic heterocycles. The zero-order valence-electron chi connectivity index (χ0n) is 14.2. The van der Waals surface area contributed by atoms with Gasteiger partial charge in [0.2, 0.25) is 0 Å². The number of hydrogen-bond donors (Lipinski definition) is 4. The summed E-state index contributed by atoms with van der Waals surface area (Å²) in [5.74, 6) is 2.00. The van der Waals surface area contributed by atoms with Gasteiger partial charge in [0.05, 0.1) is 0 Å². The summed E-state index contributed by atoms with van der Waals surface area (Å²) in [6.07, 6.45) is 12.7. The molecule has 2 aliphatic carbocycles. The van der Waals surface area contributed by atoms with Crippen LogP contribution in [0.5, 0.6) is 0 Å². The Kier molecular flexibility index (Phi) is 9.83. The second kappa shape index (κ2) is 12.1. The van der Waals surface area contributed by atoms with E-state index in [-0.39, 0.29) is 0 Å². The van der Waals surface area contributed by atoms with Crippen LogP contribution in [0.15, 0.2) is 12.2 Å². The molecule has 22 heavy (non-hydrogen) atoms. The van der Waals surface area contributed by atoms with E-state index in [0.717, 1.165) is 51.1 Å². The topological polar surface area (TPSA) is 48.1 Å². The third kappa shape index (κ3) is 11.2. The molecule has 128 valence electrons. The third-order valence-corrected chi connectivity index (χ3v) is 4.37. The smallest absolute Gasteiger partial charge is 0.0135 e. The molecular weight excluding hydrogens is 272 g/mol. The fourth-order valence-corrected chi connectivity index (χ4v) is 2.47. The molecule has 2 saturated carbocycles. The highest BCUT2D eigenvalue weighted by Crippen LogP contribution is 2.27. The molecule has 0 saturated heterocycles. The summed E-state index contributed by atoms with van der Waals surface area (Å²) in [5, 5.41) is 14.0. The molecule has 0 amide bonds. The second-order valence-corrected chi connectivity index (χ2v) is 6.88. The molecule has 2 rings (SSSR count). The summed E-state index contributed by atoms with van der Waals surface area (Å²) in [6.45, 7) is 9.00. The third-order valence-electron chi connectivity index (χ3n) is 4.37. The van der Waals surface area contributed by atoms with E-state index in [2.05, 4.69) is 33.4 Å². The molecule has 0 radical (unpaired) electrons. The molecule has 0 aromatic rings. The molecule has 2 fully saturated rings. The average molecular weight is 309 g/mol. The highest BCUT2D eigenvalue weighted by molar-refractivity contribution is 4.85. The first-order chi connectivity index (χ1) is 10.9. The highest BCUT2D eigenvalue weighted by atomic mass is 14.9. The van der Waals surface area contributed by atoms with Crippen LogP contribution >= 0.6 is 0 Å². The molecule has 0 bridgehead atoms. The van der Waals surface area contributed by atoms with Crippen LogP contribution in [-0.2, 0) is 0 Å². The molecular formula is C18H36N4. The van der Waals surface area contributed by atoms with Crippen molar-refractivity contribution in [3.63, 3.8) is 0 Å². The fourth-order valence-electron chi connectivity index (χ4n) is 2.47. The monoisotopic (exact) mass is 308 g/mol. The Balaban J connectivity index is 1.20. The minimum Gasteiger partial charge on any atom is -0.316 e. The Morgan fingerprint density at radius 2 is 1.00 bits per heavy atom. The maximum atomic E-state index is 3.52. The van der Waals surface area contributed by atoms with E-state index in [4.69, 9.17) is 0 Å². The lowest BCUT2D eigenvalue weighted by Crippen LogP contribution is -2.24. The van der Waals surface area contributed by atoms with Gasteiger partial charge in [-0.2, -0.15) is 0 Å². The SMILES string of the molecule is C(=C\CNCCCNCC1CC1)/CNCCCNCC1CC1. The number of nitrogens with one attached hydrogen (secondary N) is 4. The summed E-state index contributed by atoms with van der Waals surface area (Å²) < 4.78 is 0. The van der Waals surface area contributed by atoms with Gasteiger partial charge in [0.25, 0.3) is 0 Å². The van der Waals surface area contributed by atoms with E-state index in [1.165, 1.54) is 51.6 Å². The van der Waals surface area contributed by atoms with Crippen molar-refractivity contribution in [1.82, 2.24) is 21.3 Å². The second-order valence-electron chi connectivity index (χ2n) is 6.88. The highest BCUT2D eigenvalue weighted by Gasteiger charge is 2.20. The van der Waals surface area contributed by atoms with Crippen LogP contribution in [0.3, 0.4) is 0 Å². The number of rotatable bonds is 16. The van der Waals surface area contributed by atoms with Crippen molar-refractivity contribution in [2.75, 3.05) is 52.4 Å². The predicted molar refractivity (Wildman–Crippen MR) is 95.3 cm³/mol. The van der Waals surface area contributed by atoms with E-state index in [0.29, 0.717) is 0 Å². The van der Waals surface area contributed by atoms with Gasteiger partial charge in [0.1, 0.15) is 0 Å². The zero-order chi connectivity index (χ0) is 15.3. The van der Waals surface area contributed by atoms with Crippen LogP contribution in [0.1, 0.15) is 38.5 Å². The summed E-state index contributed by atoms with van der Waals surface area (Å²) in [7, 11) is 0. The minimum absolute atomic E-state index is 0.993. The van der Waals surface area contributed by atoms with Gasteiger partial charge in [0.15, 0.2) is 0 Å². The van der Waals surface area contributed by atoms with Crippen molar-refractivity contribution < 1.29 is 0 Å². The minimum atomic E-state index is 0.993. The summed E-state index contributed by atoms with van der Waals surface area (Å²) in [4.78, 5) is 0. The van der Waals surface area contributed by atoms with Gasteiger partial charge in [-0.25, -0.2) is 0 Å². The average Bonchev–Trinajstić information content (AvgIpc) is 3.41. The molecule has 0 atom stereocenters. The number of hydrogen-bond acceptors (Lipinski definition) is 4. The quantitative estimate of drug-likeness (QED) is 0.258. The van der Waals surface area contributed by atoms with Gasteiger partial charge in [-0.15, -0.1) is 0 Å². The van der Waals surface area contributed by atoms with Crippen LogP contribution in [0.25, 0.3) is 0 Å². The first-order valence-corrected chi connectivity index (χ1v) is 9.43. The zero-order valence-corrected chi connectivity index (χ0v) is 14.2. The van der Waals surface area contributed by atoms with Crippen molar-refractivity contribution in [3.8, 4) is 0 Å². The fraction of sp³-hybridized carbons (Fsp3) is 0.889. The molecule has 0 aromatic carbocycles. The Morgan fingerprint density at radius 3 is 1.41 bits per heavy atom. The lowest BCUT2D eigenvalue weighted by molar-refractivity contribution is 0.588. The molecule has 4 N–H and O–H groups in total. The van der Waals surface area contributed by atoms with E-state index in [1.54, 1.807) is 0 Å². The predicted octanol–water partition coefficient (Wildman–Crippen LogP) is 1.50. The van der Waals surface area contributed by atoms with Crippen LogP contribution in [-0.4, -0.2) is 52.4 Å². The Morgan fingerprint density at radius 1 is 0.591 bits per heavy atom. The van der Waals surface area contributed by atoms with Gasteiger partial charge >= 0.3 is 0 Å².